The third kappa shape index (κ3) is 4.19. The van der Waals surface area contributed by atoms with Gasteiger partial charge in [-0.1, -0.05) is 0 Å². The number of rotatable bonds is 5. The van der Waals surface area contributed by atoms with Crippen LogP contribution >= 0.6 is 23.3 Å². The summed E-state index contributed by atoms with van der Waals surface area (Å²) in [6.45, 7) is 0. The monoisotopic (exact) mass is 356 g/mol. The van der Waals surface area contributed by atoms with Crippen molar-refractivity contribution in [1.29, 1.82) is 0 Å². The summed E-state index contributed by atoms with van der Waals surface area (Å²) in [5.41, 5.74) is 2.42. The third-order valence-corrected chi connectivity index (χ3v) is 4.71. The number of anilines is 1. The molecule has 0 atom stereocenters. The van der Waals surface area contributed by atoms with Gasteiger partial charge in [-0.05, 0) is 62.4 Å². The lowest BCUT2D eigenvalue weighted by Gasteiger charge is -2.08. The van der Waals surface area contributed by atoms with Gasteiger partial charge in [0.2, 0.25) is 0 Å². The molecule has 0 spiro atoms. The number of hydrogen-bond donors (Lipinski definition) is 1. The summed E-state index contributed by atoms with van der Waals surface area (Å²) < 4.78 is 2.01. The van der Waals surface area contributed by atoms with Crippen LogP contribution in [0.1, 0.15) is 10.4 Å². The third-order valence-electron chi connectivity index (χ3n) is 3.11. The summed E-state index contributed by atoms with van der Waals surface area (Å²) in [5, 5.41) is 5.34. The van der Waals surface area contributed by atoms with Gasteiger partial charge < -0.3 is 0 Å². The van der Waals surface area contributed by atoms with E-state index in [9.17, 15) is 4.79 Å². The number of carbonyl (C=O) groups is 1. The molecule has 0 aliphatic rings. The zero-order chi connectivity index (χ0) is 16.9. The van der Waals surface area contributed by atoms with Gasteiger partial charge in [0.25, 0.3) is 5.91 Å². The Morgan fingerprint density at radius 2 is 1.83 bits per heavy atom. The molecule has 0 bridgehead atoms. The Bertz CT molecular complexity index is 816. The summed E-state index contributed by atoms with van der Waals surface area (Å²) in [6, 6.07) is 11.3. The molecule has 24 heavy (non-hydrogen) atoms. The van der Waals surface area contributed by atoms with Crippen LogP contribution in [0, 0.1) is 0 Å². The number of benzene rings is 1. The number of hydrogen-bond acceptors (Lipinski definition) is 6. The van der Waals surface area contributed by atoms with E-state index in [-0.39, 0.29) is 5.91 Å². The highest BCUT2D eigenvalue weighted by molar-refractivity contribution is 7.97. The lowest BCUT2D eigenvalue weighted by Crippen LogP contribution is -2.11. The molecule has 7 heteroatoms. The first-order chi connectivity index (χ1) is 11.6. The quantitative estimate of drug-likeness (QED) is 0.700. The molecule has 3 aromatic rings. The molecule has 0 saturated heterocycles. The normalized spacial score (nSPS) is 10.8. The standard InChI is InChI=1S/C17H16N4OS2/c1-21(2)24-14-5-3-13(4-6-14)16(22)20-17-19-15(11-23-17)12-7-9-18-10-8-12/h3-11H,1-2H3,(H,19,20,22). The summed E-state index contributed by atoms with van der Waals surface area (Å²) in [6.07, 6.45) is 3.44. The Balaban J connectivity index is 1.68. The molecule has 1 N–H and O–H groups in total. The van der Waals surface area contributed by atoms with Crippen LogP contribution in [0.25, 0.3) is 11.3 Å². The predicted molar refractivity (Wildman–Crippen MR) is 99.3 cm³/mol. The van der Waals surface area contributed by atoms with Crippen LogP contribution in [0.3, 0.4) is 0 Å². The maximum absolute atomic E-state index is 12.3. The molecule has 0 saturated carbocycles. The molecule has 0 aliphatic heterocycles. The van der Waals surface area contributed by atoms with Crippen molar-refractivity contribution in [2.45, 2.75) is 4.90 Å². The molecule has 1 amide bonds. The Morgan fingerprint density at radius 3 is 2.50 bits per heavy atom. The van der Waals surface area contributed by atoms with Gasteiger partial charge in [0.1, 0.15) is 0 Å². The molecule has 2 aromatic heterocycles. The summed E-state index contributed by atoms with van der Waals surface area (Å²) in [7, 11) is 3.96. The highest BCUT2D eigenvalue weighted by atomic mass is 32.2. The predicted octanol–water partition coefficient (Wildman–Crippen LogP) is 4.03. The first-order valence-corrected chi connectivity index (χ1v) is 8.90. The fourth-order valence-corrected chi connectivity index (χ4v) is 3.43. The molecular formula is C17H16N4OS2. The van der Waals surface area contributed by atoms with Gasteiger partial charge in [-0.2, -0.15) is 0 Å². The minimum Gasteiger partial charge on any atom is -0.298 e. The second kappa shape index (κ2) is 7.57. The van der Waals surface area contributed by atoms with E-state index in [0.717, 1.165) is 16.2 Å². The summed E-state index contributed by atoms with van der Waals surface area (Å²) in [5.74, 6) is -0.160. The van der Waals surface area contributed by atoms with E-state index in [1.165, 1.54) is 11.3 Å². The van der Waals surface area contributed by atoms with Crippen molar-refractivity contribution in [2.24, 2.45) is 0 Å². The Hall–Kier alpha value is -2.22. The van der Waals surface area contributed by atoms with E-state index < -0.39 is 0 Å². The first-order valence-electron chi connectivity index (χ1n) is 7.24. The van der Waals surface area contributed by atoms with Crippen LogP contribution in [0.5, 0.6) is 0 Å². The second-order valence-corrected chi connectivity index (χ2v) is 7.40. The van der Waals surface area contributed by atoms with Gasteiger partial charge in [0.05, 0.1) is 5.69 Å². The van der Waals surface area contributed by atoms with E-state index in [1.807, 2.05) is 60.2 Å². The molecule has 0 radical (unpaired) electrons. The van der Waals surface area contributed by atoms with Gasteiger partial charge in [-0.3, -0.25) is 19.4 Å². The van der Waals surface area contributed by atoms with Crippen LogP contribution in [0.2, 0.25) is 0 Å². The second-order valence-electron chi connectivity index (χ2n) is 5.16. The topological polar surface area (TPSA) is 58.1 Å². The molecule has 122 valence electrons. The van der Waals surface area contributed by atoms with Gasteiger partial charge in [0, 0.05) is 33.8 Å². The summed E-state index contributed by atoms with van der Waals surface area (Å²) in [4.78, 5) is 21.9. The van der Waals surface area contributed by atoms with Crippen LogP contribution in [-0.2, 0) is 0 Å². The smallest absolute Gasteiger partial charge is 0.257 e. The van der Waals surface area contributed by atoms with Crippen LogP contribution in [-0.4, -0.2) is 34.3 Å². The van der Waals surface area contributed by atoms with Crippen LogP contribution in [0.4, 0.5) is 5.13 Å². The van der Waals surface area contributed by atoms with E-state index in [1.54, 1.807) is 24.3 Å². The summed E-state index contributed by atoms with van der Waals surface area (Å²) >= 11 is 3.01. The zero-order valence-corrected chi connectivity index (χ0v) is 14.9. The van der Waals surface area contributed by atoms with Gasteiger partial charge >= 0.3 is 0 Å². The number of aromatic nitrogens is 2. The number of nitrogens with zero attached hydrogens (tertiary/aromatic N) is 3. The fourth-order valence-electron chi connectivity index (χ4n) is 2.03. The van der Waals surface area contributed by atoms with E-state index in [2.05, 4.69) is 15.3 Å². The van der Waals surface area contributed by atoms with Crippen molar-refractivity contribution in [3.05, 3.63) is 59.7 Å². The number of carbonyl (C=O) groups excluding carboxylic acids is 1. The van der Waals surface area contributed by atoms with E-state index in [4.69, 9.17) is 0 Å². The molecule has 3 rings (SSSR count). The Morgan fingerprint density at radius 1 is 1.12 bits per heavy atom. The number of amides is 1. The average Bonchev–Trinajstić information content (AvgIpc) is 3.04. The molecular weight excluding hydrogens is 340 g/mol. The van der Waals surface area contributed by atoms with Crippen molar-refractivity contribution in [3.8, 4) is 11.3 Å². The fraction of sp³-hybridized carbons (Fsp3) is 0.118. The largest absolute Gasteiger partial charge is 0.298 e. The van der Waals surface area contributed by atoms with E-state index in [0.29, 0.717) is 10.7 Å². The van der Waals surface area contributed by atoms with Gasteiger partial charge in [-0.25, -0.2) is 4.98 Å². The lowest BCUT2D eigenvalue weighted by molar-refractivity contribution is 0.102. The zero-order valence-electron chi connectivity index (χ0n) is 13.3. The Kier molecular flexibility index (Phi) is 5.24. The molecule has 0 fully saturated rings. The van der Waals surface area contributed by atoms with Crippen molar-refractivity contribution in [1.82, 2.24) is 14.3 Å². The molecule has 2 heterocycles. The Labute approximate surface area is 148 Å². The highest BCUT2D eigenvalue weighted by Crippen LogP contribution is 2.25. The molecule has 0 unspecified atom stereocenters. The van der Waals surface area contributed by atoms with E-state index >= 15 is 0 Å². The maximum Gasteiger partial charge on any atom is 0.257 e. The van der Waals surface area contributed by atoms with Gasteiger partial charge in [-0.15, -0.1) is 11.3 Å². The highest BCUT2D eigenvalue weighted by Gasteiger charge is 2.10. The maximum atomic E-state index is 12.3. The minimum atomic E-state index is -0.160. The number of thiazole rings is 1. The van der Waals surface area contributed by atoms with Crippen LogP contribution < -0.4 is 5.32 Å². The lowest BCUT2D eigenvalue weighted by atomic mass is 10.2. The number of pyridine rings is 1. The molecule has 1 aromatic carbocycles. The first kappa shape index (κ1) is 16.6. The molecule has 0 aliphatic carbocycles. The average molecular weight is 356 g/mol. The molecule has 5 nitrogen and oxygen atoms in total. The SMILES string of the molecule is CN(C)Sc1ccc(C(=O)Nc2nc(-c3ccncc3)cs2)cc1. The number of nitrogens with one attached hydrogen (secondary N) is 1. The van der Waals surface area contributed by atoms with Crippen molar-refractivity contribution < 1.29 is 4.79 Å². The van der Waals surface area contributed by atoms with Crippen molar-refractivity contribution in [3.63, 3.8) is 0 Å². The van der Waals surface area contributed by atoms with Gasteiger partial charge in [0.15, 0.2) is 5.13 Å². The van der Waals surface area contributed by atoms with Crippen molar-refractivity contribution in [2.75, 3.05) is 19.4 Å². The van der Waals surface area contributed by atoms with Crippen molar-refractivity contribution >= 4 is 34.3 Å². The minimum absolute atomic E-state index is 0.160. The van der Waals surface area contributed by atoms with Crippen LogP contribution in [0.15, 0.2) is 59.1 Å².